The van der Waals surface area contributed by atoms with Crippen molar-refractivity contribution >= 4 is 5.78 Å². The van der Waals surface area contributed by atoms with Gasteiger partial charge in [-0.3, -0.25) is 4.79 Å². The van der Waals surface area contributed by atoms with Gasteiger partial charge in [-0.05, 0) is 12.3 Å². The zero-order valence-corrected chi connectivity index (χ0v) is 9.75. The van der Waals surface area contributed by atoms with Gasteiger partial charge in [-0.2, -0.15) is 0 Å². The molecule has 2 unspecified atom stereocenters. The van der Waals surface area contributed by atoms with Crippen LogP contribution in [-0.4, -0.2) is 25.5 Å². The van der Waals surface area contributed by atoms with Crippen molar-refractivity contribution in [3.8, 4) is 0 Å². The fraction of sp³-hybridized carbons (Fsp3) is 0.909. The van der Waals surface area contributed by atoms with Gasteiger partial charge in [0.2, 0.25) is 0 Å². The van der Waals surface area contributed by atoms with E-state index >= 15 is 0 Å². The average molecular weight is 201 g/mol. The molecule has 0 heterocycles. The third kappa shape index (κ3) is 5.35. The van der Waals surface area contributed by atoms with Crippen LogP contribution >= 0.6 is 0 Å². The van der Waals surface area contributed by atoms with E-state index in [2.05, 4.69) is 0 Å². The molecule has 0 aromatic carbocycles. The molecular weight excluding hydrogens is 178 g/mol. The van der Waals surface area contributed by atoms with Crippen molar-refractivity contribution in [2.45, 2.75) is 39.7 Å². The van der Waals surface area contributed by atoms with E-state index in [1.165, 1.54) is 0 Å². The number of ketones is 1. The molecule has 0 aliphatic carbocycles. The fourth-order valence-corrected chi connectivity index (χ4v) is 1.12. The maximum absolute atomic E-state index is 11.6. The summed E-state index contributed by atoms with van der Waals surface area (Å²) in [5.41, 5.74) is 5.83. The van der Waals surface area contributed by atoms with E-state index < -0.39 is 0 Å². The number of carbonyl (C=O) groups excluding carboxylic acids is 1. The Labute approximate surface area is 87.0 Å². The quantitative estimate of drug-likeness (QED) is 0.680. The van der Waals surface area contributed by atoms with Crippen molar-refractivity contribution in [1.29, 1.82) is 0 Å². The lowest BCUT2D eigenvalue weighted by Gasteiger charge is -2.17. The number of rotatable bonds is 7. The molecule has 84 valence electrons. The molecule has 0 aliphatic rings. The Bertz CT molecular complexity index is 169. The molecule has 14 heavy (non-hydrogen) atoms. The molecule has 0 aromatic rings. The largest absolute Gasteiger partial charge is 0.385 e. The number of hydrogen-bond acceptors (Lipinski definition) is 3. The number of ether oxygens (including phenoxy) is 1. The molecule has 3 heteroatoms. The molecule has 0 rings (SSSR count). The van der Waals surface area contributed by atoms with Crippen LogP contribution in [0, 0.1) is 11.8 Å². The summed E-state index contributed by atoms with van der Waals surface area (Å²) in [5.74, 6) is 0.691. The van der Waals surface area contributed by atoms with Gasteiger partial charge in [0.1, 0.15) is 5.78 Å². The van der Waals surface area contributed by atoms with Crippen LogP contribution in [0.25, 0.3) is 0 Å². The minimum atomic E-state index is -0.00695. The molecule has 0 aliphatic heterocycles. The molecule has 0 radical (unpaired) electrons. The van der Waals surface area contributed by atoms with Gasteiger partial charge in [-0.15, -0.1) is 0 Å². The summed E-state index contributed by atoms with van der Waals surface area (Å²) in [4.78, 5) is 11.6. The molecule has 3 nitrogen and oxygen atoms in total. The molecule has 2 atom stereocenters. The lowest BCUT2D eigenvalue weighted by atomic mass is 9.93. The molecule has 0 bridgehead atoms. The monoisotopic (exact) mass is 201 g/mol. The number of methoxy groups -OCH3 is 1. The van der Waals surface area contributed by atoms with Crippen molar-refractivity contribution in [2.75, 3.05) is 13.7 Å². The first-order chi connectivity index (χ1) is 6.49. The van der Waals surface area contributed by atoms with E-state index in [0.717, 1.165) is 6.42 Å². The van der Waals surface area contributed by atoms with E-state index in [-0.39, 0.29) is 17.7 Å². The van der Waals surface area contributed by atoms with Crippen molar-refractivity contribution in [1.82, 2.24) is 0 Å². The standard InChI is InChI=1S/C11H23NO2/c1-8(2)10(12)7-11(13)9(3)5-6-14-4/h8-10H,5-7,12H2,1-4H3. The highest BCUT2D eigenvalue weighted by atomic mass is 16.5. The Morgan fingerprint density at radius 1 is 1.36 bits per heavy atom. The Kier molecular flexibility index (Phi) is 6.75. The maximum atomic E-state index is 11.6. The molecule has 0 fully saturated rings. The molecular formula is C11H23NO2. The number of Topliss-reactive ketones (excluding diaryl/α,β-unsaturated/α-hetero) is 1. The van der Waals surface area contributed by atoms with Gasteiger partial charge in [0.05, 0.1) is 0 Å². The smallest absolute Gasteiger partial charge is 0.137 e. The van der Waals surface area contributed by atoms with E-state index in [0.29, 0.717) is 18.9 Å². The van der Waals surface area contributed by atoms with Gasteiger partial charge < -0.3 is 10.5 Å². The second kappa shape index (κ2) is 6.96. The van der Waals surface area contributed by atoms with Crippen LogP contribution in [0.5, 0.6) is 0 Å². The molecule has 0 saturated carbocycles. The van der Waals surface area contributed by atoms with Crippen LogP contribution in [0.3, 0.4) is 0 Å². The summed E-state index contributed by atoms with van der Waals surface area (Å²) in [6.07, 6.45) is 1.28. The molecule has 0 aromatic heterocycles. The third-order valence-corrected chi connectivity index (χ3v) is 2.60. The zero-order valence-electron chi connectivity index (χ0n) is 9.75. The van der Waals surface area contributed by atoms with Crippen LogP contribution in [0.1, 0.15) is 33.6 Å². The van der Waals surface area contributed by atoms with Gasteiger partial charge in [0.25, 0.3) is 0 Å². The molecule has 0 amide bonds. The Morgan fingerprint density at radius 2 is 1.93 bits per heavy atom. The first kappa shape index (κ1) is 13.6. The van der Waals surface area contributed by atoms with E-state index in [9.17, 15) is 4.79 Å². The van der Waals surface area contributed by atoms with Crippen LogP contribution in [0.15, 0.2) is 0 Å². The van der Waals surface area contributed by atoms with Gasteiger partial charge >= 0.3 is 0 Å². The van der Waals surface area contributed by atoms with Crippen LogP contribution in [0.4, 0.5) is 0 Å². The first-order valence-electron chi connectivity index (χ1n) is 5.26. The summed E-state index contributed by atoms with van der Waals surface area (Å²) in [6.45, 7) is 6.66. The van der Waals surface area contributed by atoms with Crippen molar-refractivity contribution in [3.63, 3.8) is 0 Å². The second-order valence-electron chi connectivity index (χ2n) is 4.26. The SMILES string of the molecule is COCCC(C)C(=O)CC(N)C(C)C. The third-order valence-electron chi connectivity index (χ3n) is 2.60. The van der Waals surface area contributed by atoms with Crippen LogP contribution < -0.4 is 5.73 Å². The minimum absolute atomic E-state index is 0.00695. The highest BCUT2D eigenvalue weighted by Gasteiger charge is 2.17. The van der Waals surface area contributed by atoms with Crippen LogP contribution in [0.2, 0.25) is 0 Å². The van der Waals surface area contributed by atoms with Crippen molar-refractivity contribution in [3.05, 3.63) is 0 Å². The highest BCUT2D eigenvalue weighted by molar-refractivity contribution is 5.81. The van der Waals surface area contributed by atoms with E-state index in [4.69, 9.17) is 10.5 Å². The highest BCUT2D eigenvalue weighted by Crippen LogP contribution is 2.11. The number of nitrogens with two attached hydrogens (primary N) is 1. The van der Waals surface area contributed by atoms with Crippen molar-refractivity contribution in [2.24, 2.45) is 17.6 Å². The zero-order chi connectivity index (χ0) is 11.1. The van der Waals surface area contributed by atoms with Gasteiger partial charge in [-0.1, -0.05) is 20.8 Å². The Hall–Kier alpha value is -0.410. The predicted molar refractivity (Wildman–Crippen MR) is 58.1 cm³/mol. The number of carbonyl (C=O) groups is 1. The predicted octanol–water partition coefficient (Wildman–Crippen LogP) is 1.60. The van der Waals surface area contributed by atoms with Gasteiger partial charge in [0.15, 0.2) is 0 Å². The molecule has 0 spiro atoms. The Morgan fingerprint density at radius 3 is 2.36 bits per heavy atom. The summed E-state index contributed by atoms with van der Waals surface area (Å²) in [7, 11) is 1.65. The number of hydrogen-bond donors (Lipinski definition) is 1. The van der Waals surface area contributed by atoms with Crippen molar-refractivity contribution < 1.29 is 9.53 Å². The summed E-state index contributed by atoms with van der Waals surface area (Å²) < 4.78 is 4.93. The summed E-state index contributed by atoms with van der Waals surface area (Å²) in [6, 6.07) is -0.00695. The summed E-state index contributed by atoms with van der Waals surface area (Å²) >= 11 is 0. The minimum Gasteiger partial charge on any atom is -0.385 e. The maximum Gasteiger partial charge on any atom is 0.137 e. The fourth-order valence-electron chi connectivity index (χ4n) is 1.12. The second-order valence-corrected chi connectivity index (χ2v) is 4.26. The van der Waals surface area contributed by atoms with Gasteiger partial charge in [0, 0.05) is 32.1 Å². The molecule has 0 saturated heterocycles. The van der Waals surface area contributed by atoms with E-state index in [1.54, 1.807) is 7.11 Å². The first-order valence-corrected chi connectivity index (χ1v) is 5.26. The summed E-state index contributed by atoms with van der Waals surface area (Å²) in [5, 5.41) is 0. The topological polar surface area (TPSA) is 52.3 Å². The lowest BCUT2D eigenvalue weighted by Crippen LogP contribution is -2.31. The normalized spacial score (nSPS) is 15.6. The average Bonchev–Trinajstić information content (AvgIpc) is 2.13. The Balaban J connectivity index is 3.82. The lowest BCUT2D eigenvalue weighted by molar-refractivity contribution is -0.123. The van der Waals surface area contributed by atoms with Crippen LogP contribution in [-0.2, 0) is 9.53 Å². The van der Waals surface area contributed by atoms with E-state index in [1.807, 2.05) is 20.8 Å². The van der Waals surface area contributed by atoms with Gasteiger partial charge in [-0.25, -0.2) is 0 Å². The molecule has 2 N–H and O–H groups in total.